The summed E-state index contributed by atoms with van der Waals surface area (Å²) < 4.78 is 2.57. The Balaban J connectivity index is 1.82. The van der Waals surface area contributed by atoms with Gasteiger partial charge in [0, 0.05) is 40.6 Å². The summed E-state index contributed by atoms with van der Waals surface area (Å²) in [5, 5.41) is 2.43. The molecule has 0 atom stereocenters. The number of nitrogens with two attached hydrogens (primary N) is 1. The number of H-pyrrole nitrogens is 1. The third-order valence-electron chi connectivity index (χ3n) is 5.53. The van der Waals surface area contributed by atoms with Crippen LogP contribution in [0.3, 0.4) is 0 Å². The summed E-state index contributed by atoms with van der Waals surface area (Å²) in [5.74, 6) is 0. The number of pyridine rings is 1. The van der Waals surface area contributed by atoms with Crippen LogP contribution in [0.5, 0.6) is 0 Å². The van der Waals surface area contributed by atoms with Crippen LogP contribution in [-0.4, -0.2) is 14.5 Å². The Kier molecular flexibility index (Phi) is 3.30. The van der Waals surface area contributed by atoms with Gasteiger partial charge in [0.25, 0.3) is 0 Å². The lowest BCUT2D eigenvalue weighted by Gasteiger charge is -2.27. The van der Waals surface area contributed by atoms with Crippen molar-refractivity contribution in [3.8, 4) is 11.3 Å². The van der Waals surface area contributed by atoms with E-state index in [1.165, 1.54) is 59.7 Å². The number of rotatable bonds is 2. The van der Waals surface area contributed by atoms with Gasteiger partial charge < -0.3 is 15.3 Å². The number of hydrogen-bond donors (Lipinski definition) is 2. The van der Waals surface area contributed by atoms with E-state index in [1.807, 2.05) is 24.5 Å². The van der Waals surface area contributed by atoms with E-state index in [4.69, 9.17) is 5.73 Å². The molecule has 0 spiro atoms. The zero-order chi connectivity index (χ0) is 16.8. The van der Waals surface area contributed by atoms with Crippen LogP contribution < -0.4 is 5.73 Å². The quantitative estimate of drug-likeness (QED) is 0.492. The standard InChI is InChI=1S/C21H22N4/c22-16-8-6-14(7-9-16)19-12-15-13-24-21-18(10-11-23-21)20(15)25(19)17-4-2-1-3-5-17/h6-13,17H,1-5,22H2,(H,23,24). The molecule has 4 aromatic rings. The summed E-state index contributed by atoms with van der Waals surface area (Å²) in [5.41, 5.74) is 11.5. The molecule has 0 amide bonds. The SMILES string of the molecule is Nc1ccc(-c2cc3cnc4[nH]ccc4c3n2C2CCCCC2)cc1. The Hall–Kier alpha value is -2.75. The molecule has 1 aliphatic rings. The molecule has 1 fully saturated rings. The number of nitrogen functional groups attached to an aromatic ring is 1. The second kappa shape index (κ2) is 5.66. The van der Waals surface area contributed by atoms with E-state index >= 15 is 0 Å². The molecule has 5 rings (SSSR count). The van der Waals surface area contributed by atoms with Crippen molar-refractivity contribution in [3.05, 3.63) is 48.8 Å². The predicted octanol–water partition coefficient (Wildman–Crippen LogP) is 5.27. The maximum atomic E-state index is 5.90. The summed E-state index contributed by atoms with van der Waals surface area (Å²) in [6.45, 7) is 0. The molecule has 0 aliphatic heterocycles. The monoisotopic (exact) mass is 330 g/mol. The van der Waals surface area contributed by atoms with Crippen molar-refractivity contribution in [1.29, 1.82) is 0 Å². The fourth-order valence-electron chi connectivity index (χ4n) is 4.32. The van der Waals surface area contributed by atoms with Crippen LogP contribution in [0.25, 0.3) is 33.2 Å². The fourth-order valence-corrected chi connectivity index (χ4v) is 4.32. The second-order valence-electron chi connectivity index (χ2n) is 7.12. The molecule has 0 unspecified atom stereocenters. The number of anilines is 1. The van der Waals surface area contributed by atoms with Gasteiger partial charge in [-0.15, -0.1) is 0 Å². The molecule has 25 heavy (non-hydrogen) atoms. The van der Waals surface area contributed by atoms with Gasteiger partial charge in [-0.3, -0.25) is 0 Å². The van der Waals surface area contributed by atoms with Crippen molar-refractivity contribution in [2.24, 2.45) is 0 Å². The first-order chi connectivity index (χ1) is 12.3. The number of fused-ring (bicyclic) bond motifs is 3. The van der Waals surface area contributed by atoms with Crippen LogP contribution in [0.4, 0.5) is 5.69 Å². The van der Waals surface area contributed by atoms with E-state index in [9.17, 15) is 0 Å². The van der Waals surface area contributed by atoms with E-state index in [2.05, 4.69) is 38.8 Å². The van der Waals surface area contributed by atoms with Gasteiger partial charge in [0.15, 0.2) is 0 Å². The summed E-state index contributed by atoms with van der Waals surface area (Å²) >= 11 is 0. The van der Waals surface area contributed by atoms with Crippen molar-refractivity contribution in [2.45, 2.75) is 38.1 Å². The molecule has 126 valence electrons. The van der Waals surface area contributed by atoms with Crippen LogP contribution >= 0.6 is 0 Å². The molecule has 3 aromatic heterocycles. The van der Waals surface area contributed by atoms with Gasteiger partial charge >= 0.3 is 0 Å². The first kappa shape index (κ1) is 14.6. The number of nitrogens with zero attached hydrogens (tertiary/aromatic N) is 2. The van der Waals surface area contributed by atoms with Crippen molar-refractivity contribution < 1.29 is 0 Å². The van der Waals surface area contributed by atoms with Crippen molar-refractivity contribution in [3.63, 3.8) is 0 Å². The molecule has 0 radical (unpaired) electrons. The van der Waals surface area contributed by atoms with Crippen LogP contribution in [-0.2, 0) is 0 Å². The normalized spacial score (nSPS) is 16.0. The Labute approximate surface area is 146 Å². The molecular weight excluding hydrogens is 308 g/mol. The van der Waals surface area contributed by atoms with E-state index in [1.54, 1.807) is 0 Å². The van der Waals surface area contributed by atoms with Crippen molar-refractivity contribution in [2.75, 3.05) is 5.73 Å². The van der Waals surface area contributed by atoms with Gasteiger partial charge in [0.05, 0.1) is 5.52 Å². The summed E-state index contributed by atoms with van der Waals surface area (Å²) in [6, 6.07) is 13.2. The highest BCUT2D eigenvalue weighted by Gasteiger charge is 2.22. The zero-order valence-electron chi connectivity index (χ0n) is 14.2. The summed E-state index contributed by atoms with van der Waals surface area (Å²) in [7, 11) is 0. The van der Waals surface area contributed by atoms with Crippen molar-refractivity contribution >= 4 is 27.6 Å². The van der Waals surface area contributed by atoms with E-state index in [-0.39, 0.29) is 0 Å². The van der Waals surface area contributed by atoms with Crippen LogP contribution in [0, 0.1) is 0 Å². The Bertz CT molecular complexity index is 1030. The van der Waals surface area contributed by atoms with E-state index in [0.29, 0.717) is 6.04 Å². The molecule has 1 saturated carbocycles. The lowest BCUT2D eigenvalue weighted by atomic mass is 9.94. The Morgan fingerprint density at radius 1 is 1.04 bits per heavy atom. The van der Waals surface area contributed by atoms with Crippen LogP contribution in [0.15, 0.2) is 48.8 Å². The fraction of sp³-hybridized carbons (Fsp3) is 0.286. The number of aromatic amines is 1. The van der Waals surface area contributed by atoms with E-state index < -0.39 is 0 Å². The molecule has 1 aromatic carbocycles. The highest BCUT2D eigenvalue weighted by molar-refractivity contribution is 6.05. The lowest BCUT2D eigenvalue weighted by Crippen LogP contribution is -2.13. The minimum absolute atomic E-state index is 0.555. The van der Waals surface area contributed by atoms with Gasteiger partial charge in [-0.2, -0.15) is 0 Å². The van der Waals surface area contributed by atoms with Gasteiger partial charge in [-0.1, -0.05) is 31.4 Å². The third kappa shape index (κ3) is 2.32. The molecule has 3 heterocycles. The zero-order valence-corrected chi connectivity index (χ0v) is 14.2. The maximum Gasteiger partial charge on any atom is 0.139 e. The smallest absolute Gasteiger partial charge is 0.139 e. The Morgan fingerprint density at radius 3 is 2.64 bits per heavy atom. The molecule has 0 saturated heterocycles. The Morgan fingerprint density at radius 2 is 1.84 bits per heavy atom. The van der Waals surface area contributed by atoms with E-state index in [0.717, 1.165) is 11.3 Å². The highest BCUT2D eigenvalue weighted by Crippen LogP contribution is 2.39. The average molecular weight is 330 g/mol. The van der Waals surface area contributed by atoms with Gasteiger partial charge in [0.2, 0.25) is 0 Å². The molecule has 3 N–H and O–H groups in total. The summed E-state index contributed by atoms with van der Waals surface area (Å²) in [6.07, 6.45) is 10.5. The minimum Gasteiger partial charge on any atom is -0.399 e. The highest BCUT2D eigenvalue weighted by atomic mass is 15.0. The molecule has 1 aliphatic carbocycles. The minimum atomic E-state index is 0.555. The first-order valence-electron chi connectivity index (χ1n) is 9.14. The van der Waals surface area contributed by atoms with Crippen LogP contribution in [0.2, 0.25) is 0 Å². The van der Waals surface area contributed by atoms with Gasteiger partial charge in [-0.05, 0) is 42.7 Å². The predicted molar refractivity (Wildman–Crippen MR) is 104 cm³/mol. The van der Waals surface area contributed by atoms with Gasteiger partial charge in [0.1, 0.15) is 5.65 Å². The van der Waals surface area contributed by atoms with Crippen molar-refractivity contribution in [1.82, 2.24) is 14.5 Å². The lowest BCUT2D eigenvalue weighted by molar-refractivity contribution is 0.363. The number of hydrogen-bond acceptors (Lipinski definition) is 2. The number of nitrogens with one attached hydrogen (secondary N) is 1. The number of aromatic nitrogens is 3. The van der Waals surface area contributed by atoms with Crippen LogP contribution in [0.1, 0.15) is 38.1 Å². The molecule has 4 heteroatoms. The average Bonchev–Trinajstić information content (AvgIpc) is 3.27. The second-order valence-corrected chi connectivity index (χ2v) is 7.12. The third-order valence-corrected chi connectivity index (χ3v) is 5.53. The van der Waals surface area contributed by atoms with Gasteiger partial charge in [-0.25, -0.2) is 4.98 Å². The first-order valence-corrected chi connectivity index (χ1v) is 9.14. The molecule has 4 nitrogen and oxygen atoms in total. The summed E-state index contributed by atoms with van der Waals surface area (Å²) in [4.78, 5) is 7.85. The molecular formula is C21H22N4. The maximum absolute atomic E-state index is 5.90. The largest absolute Gasteiger partial charge is 0.399 e. The molecule has 0 bridgehead atoms. The number of benzene rings is 1. The topological polar surface area (TPSA) is 59.6 Å².